The molecule has 1 aromatic heterocycles. The van der Waals surface area contributed by atoms with Crippen LogP contribution in [0.15, 0.2) is 0 Å². The molecule has 0 N–H and O–H groups in total. The van der Waals surface area contributed by atoms with Gasteiger partial charge in [-0.2, -0.15) is 0 Å². The Balaban J connectivity index is 2.15. The summed E-state index contributed by atoms with van der Waals surface area (Å²) in [4.78, 5) is 0. The van der Waals surface area contributed by atoms with Crippen molar-refractivity contribution >= 4 is 22.9 Å². The fraction of sp³-hybridized carbons (Fsp3) is 0.778. The van der Waals surface area contributed by atoms with Gasteiger partial charge in [-0.15, -0.1) is 10.2 Å². The third kappa shape index (κ3) is 4.35. The summed E-state index contributed by atoms with van der Waals surface area (Å²) >= 11 is 7.01. The van der Waals surface area contributed by atoms with Crippen LogP contribution in [0.3, 0.4) is 0 Å². The number of hydrogen-bond donors (Lipinski definition) is 0. The lowest BCUT2D eigenvalue weighted by molar-refractivity contribution is 0.0888. The summed E-state index contributed by atoms with van der Waals surface area (Å²) < 4.78 is 5.97. The van der Waals surface area contributed by atoms with Crippen LogP contribution in [0.1, 0.15) is 31.7 Å². The summed E-state index contributed by atoms with van der Waals surface area (Å²) in [6.07, 6.45) is 2.41. The summed E-state index contributed by atoms with van der Waals surface area (Å²) in [6, 6.07) is 0. The van der Waals surface area contributed by atoms with E-state index in [1.807, 2.05) is 0 Å². The average Bonchev–Trinajstić information content (AvgIpc) is 2.52. The molecule has 1 heterocycles. The maximum absolute atomic E-state index is 5.64. The number of aromatic nitrogens is 2. The molecule has 0 spiro atoms. The Morgan fingerprint density at radius 2 is 2.29 bits per heavy atom. The van der Waals surface area contributed by atoms with Gasteiger partial charge in [0.2, 0.25) is 4.47 Å². The maximum atomic E-state index is 5.64. The smallest absolute Gasteiger partial charge is 0.207 e. The van der Waals surface area contributed by atoms with Crippen LogP contribution in [0.5, 0.6) is 0 Å². The highest BCUT2D eigenvalue weighted by Crippen LogP contribution is 2.16. The topological polar surface area (TPSA) is 35.0 Å². The molecular weight excluding hydrogens is 220 g/mol. The van der Waals surface area contributed by atoms with E-state index in [1.165, 1.54) is 24.2 Å². The summed E-state index contributed by atoms with van der Waals surface area (Å²) in [6.45, 7) is 5.68. The Kier molecular flexibility index (Phi) is 5.37. The van der Waals surface area contributed by atoms with E-state index in [1.54, 1.807) is 0 Å². The van der Waals surface area contributed by atoms with Crippen molar-refractivity contribution in [1.29, 1.82) is 0 Å². The molecule has 0 bridgehead atoms. The molecule has 5 heteroatoms. The minimum absolute atomic E-state index is 0.477. The SMILES string of the molecule is CCCC(C)COCc1nnc(Cl)s1. The fourth-order valence-electron chi connectivity index (χ4n) is 1.22. The third-order valence-corrected chi connectivity index (χ3v) is 2.84. The molecule has 14 heavy (non-hydrogen) atoms. The Bertz CT molecular complexity index is 267. The predicted octanol–water partition coefficient (Wildman–Crippen LogP) is 3.14. The van der Waals surface area contributed by atoms with E-state index in [2.05, 4.69) is 24.0 Å². The van der Waals surface area contributed by atoms with Gasteiger partial charge in [-0.1, -0.05) is 31.6 Å². The van der Waals surface area contributed by atoms with Crippen LogP contribution >= 0.6 is 22.9 Å². The number of ether oxygens (including phenoxy) is 1. The van der Waals surface area contributed by atoms with Crippen LogP contribution in [0.2, 0.25) is 4.47 Å². The molecule has 0 aromatic carbocycles. The van der Waals surface area contributed by atoms with Crippen LogP contribution in [0, 0.1) is 5.92 Å². The first-order chi connectivity index (χ1) is 6.72. The van der Waals surface area contributed by atoms with E-state index in [-0.39, 0.29) is 0 Å². The predicted molar refractivity (Wildman–Crippen MR) is 58.6 cm³/mol. The van der Waals surface area contributed by atoms with Crippen LogP contribution in [-0.2, 0) is 11.3 Å². The standard InChI is InChI=1S/C9H15ClN2OS/c1-3-4-7(2)5-13-6-8-11-12-9(10)14-8/h7H,3-6H2,1-2H3. The molecule has 80 valence electrons. The molecule has 0 aliphatic rings. The third-order valence-electron chi connectivity index (χ3n) is 1.85. The monoisotopic (exact) mass is 234 g/mol. The molecule has 1 atom stereocenters. The van der Waals surface area contributed by atoms with Crippen molar-refractivity contribution in [2.45, 2.75) is 33.3 Å². The van der Waals surface area contributed by atoms with Crippen molar-refractivity contribution in [3.05, 3.63) is 9.47 Å². The van der Waals surface area contributed by atoms with E-state index in [4.69, 9.17) is 16.3 Å². The van der Waals surface area contributed by atoms with E-state index < -0.39 is 0 Å². The Morgan fingerprint density at radius 3 is 2.86 bits per heavy atom. The molecule has 3 nitrogen and oxygen atoms in total. The molecule has 0 aliphatic heterocycles. The molecule has 0 saturated heterocycles. The zero-order chi connectivity index (χ0) is 10.4. The van der Waals surface area contributed by atoms with Crippen LogP contribution < -0.4 is 0 Å². The van der Waals surface area contributed by atoms with E-state index in [9.17, 15) is 0 Å². The van der Waals surface area contributed by atoms with Crippen molar-refractivity contribution in [3.8, 4) is 0 Å². The van der Waals surface area contributed by atoms with Gasteiger partial charge < -0.3 is 4.74 Å². The molecule has 0 fully saturated rings. The Labute approximate surface area is 93.5 Å². The molecule has 0 aliphatic carbocycles. The molecule has 1 rings (SSSR count). The second-order valence-corrected chi connectivity index (χ2v) is 5.00. The van der Waals surface area contributed by atoms with Gasteiger partial charge in [-0.05, 0) is 23.9 Å². The lowest BCUT2D eigenvalue weighted by atomic mass is 10.1. The van der Waals surface area contributed by atoms with Crippen molar-refractivity contribution in [1.82, 2.24) is 10.2 Å². The fourth-order valence-corrected chi connectivity index (χ4v) is 2.02. The van der Waals surface area contributed by atoms with Crippen molar-refractivity contribution in [3.63, 3.8) is 0 Å². The Morgan fingerprint density at radius 1 is 1.50 bits per heavy atom. The first kappa shape index (κ1) is 11.9. The molecular formula is C9H15ClN2OS. The highest BCUT2D eigenvalue weighted by Gasteiger charge is 2.04. The number of nitrogens with zero attached hydrogens (tertiary/aromatic N) is 2. The van der Waals surface area contributed by atoms with Gasteiger partial charge in [0, 0.05) is 6.61 Å². The van der Waals surface area contributed by atoms with Crippen LogP contribution in [0.4, 0.5) is 0 Å². The van der Waals surface area contributed by atoms with Crippen LogP contribution in [-0.4, -0.2) is 16.8 Å². The second-order valence-electron chi connectivity index (χ2n) is 3.36. The molecule has 0 radical (unpaired) electrons. The minimum Gasteiger partial charge on any atom is -0.374 e. The average molecular weight is 235 g/mol. The first-order valence-corrected chi connectivity index (χ1v) is 5.97. The molecule has 1 aromatic rings. The van der Waals surface area contributed by atoms with Gasteiger partial charge in [-0.3, -0.25) is 0 Å². The highest BCUT2D eigenvalue weighted by molar-refractivity contribution is 7.15. The van der Waals surface area contributed by atoms with Gasteiger partial charge in [0.15, 0.2) is 0 Å². The van der Waals surface area contributed by atoms with Gasteiger partial charge in [-0.25, -0.2) is 0 Å². The van der Waals surface area contributed by atoms with Gasteiger partial charge in [0.1, 0.15) is 11.6 Å². The van der Waals surface area contributed by atoms with E-state index >= 15 is 0 Å². The highest BCUT2D eigenvalue weighted by atomic mass is 35.5. The number of hydrogen-bond acceptors (Lipinski definition) is 4. The van der Waals surface area contributed by atoms with E-state index in [0.717, 1.165) is 11.6 Å². The second kappa shape index (κ2) is 6.32. The van der Waals surface area contributed by atoms with Gasteiger partial charge in [0.05, 0.1) is 0 Å². The zero-order valence-corrected chi connectivity index (χ0v) is 10.1. The van der Waals surface area contributed by atoms with Crippen molar-refractivity contribution in [2.75, 3.05) is 6.61 Å². The maximum Gasteiger partial charge on any atom is 0.207 e. The summed E-state index contributed by atoms with van der Waals surface area (Å²) in [7, 11) is 0. The first-order valence-electron chi connectivity index (χ1n) is 4.78. The summed E-state index contributed by atoms with van der Waals surface area (Å²) in [5.74, 6) is 0.614. The minimum atomic E-state index is 0.477. The molecule has 0 saturated carbocycles. The van der Waals surface area contributed by atoms with Gasteiger partial charge >= 0.3 is 0 Å². The Hall–Kier alpha value is -0.190. The van der Waals surface area contributed by atoms with Crippen molar-refractivity contribution < 1.29 is 4.74 Å². The normalized spacial score (nSPS) is 13.1. The van der Waals surface area contributed by atoms with E-state index in [0.29, 0.717) is 17.0 Å². The van der Waals surface area contributed by atoms with Crippen molar-refractivity contribution in [2.24, 2.45) is 5.92 Å². The summed E-state index contributed by atoms with van der Waals surface area (Å²) in [5.41, 5.74) is 0. The number of rotatable bonds is 6. The molecule has 1 unspecified atom stereocenters. The summed E-state index contributed by atoms with van der Waals surface area (Å²) in [5, 5.41) is 8.42. The lowest BCUT2D eigenvalue weighted by Gasteiger charge is -2.08. The quantitative estimate of drug-likeness (QED) is 0.759. The lowest BCUT2D eigenvalue weighted by Crippen LogP contribution is -2.05. The largest absolute Gasteiger partial charge is 0.374 e. The van der Waals surface area contributed by atoms with Crippen LogP contribution in [0.25, 0.3) is 0 Å². The van der Waals surface area contributed by atoms with Gasteiger partial charge in [0.25, 0.3) is 0 Å². The molecule has 0 amide bonds. The number of halogens is 1. The zero-order valence-electron chi connectivity index (χ0n) is 8.49.